The van der Waals surface area contributed by atoms with Gasteiger partial charge in [0.05, 0.1) is 11.4 Å². The maximum Gasteiger partial charge on any atom is 0.243 e. The van der Waals surface area contributed by atoms with Crippen LogP contribution in [0.5, 0.6) is 0 Å². The molecule has 0 aliphatic carbocycles. The summed E-state index contributed by atoms with van der Waals surface area (Å²) in [6.07, 6.45) is 1.62. The van der Waals surface area contributed by atoms with Gasteiger partial charge in [0.25, 0.3) is 0 Å². The van der Waals surface area contributed by atoms with Crippen molar-refractivity contribution in [2.75, 3.05) is 13.1 Å². The van der Waals surface area contributed by atoms with Gasteiger partial charge in [0, 0.05) is 6.54 Å². The van der Waals surface area contributed by atoms with Gasteiger partial charge in [-0.15, -0.1) is 0 Å². The first-order chi connectivity index (χ1) is 9.86. The Bertz CT molecular complexity index is 672. The highest BCUT2D eigenvalue weighted by atomic mass is 32.2. The van der Waals surface area contributed by atoms with E-state index in [4.69, 9.17) is 0 Å². The van der Waals surface area contributed by atoms with E-state index < -0.39 is 10.0 Å². The lowest BCUT2D eigenvalue weighted by Gasteiger charge is -2.28. The SMILES string of the molecule is CCCC1=C(C)CN(S(=O)(=O)c2ccc(C)cc2)CC1=O. The largest absolute Gasteiger partial charge is 0.293 e. The molecule has 1 aromatic rings. The van der Waals surface area contributed by atoms with E-state index in [9.17, 15) is 13.2 Å². The van der Waals surface area contributed by atoms with Gasteiger partial charge in [-0.25, -0.2) is 8.42 Å². The molecule has 1 aromatic carbocycles. The zero-order chi connectivity index (χ0) is 15.6. The van der Waals surface area contributed by atoms with Crippen LogP contribution in [0, 0.1) is 6.92 Å². The number of rotatable bonds is 4. The van der Waals surface area contributed by atoms with Gasteiger partial charge in [0.15, 0.2) is 5.78 Å². The van der Waals surface area contributed by atoms with Gasteiger partial charge < -0.3 is 0 Å². The van der Waals surface area contributed by atoms with Crippen molar-refractivity contribution in [1.29, 1.82) is 0 Å². The van der Waals surface area contributed by atoms with E-state index >= 15 is 0 Å². The van der Waals surface area contributed by atoms with Crippen LogP contribution in [-0.2, 0) is 14.8 Å². The molecule has 1 heterocycles. The average molecular weight is 307 g/mol. The zero-order valence-corrected chi connectivity index (χ0v) is 13.5. The summed E-state index contributed by atoms with van der Waals surface area (Å²) in [4.78, 5) is 12.4. The Kier molecular flexibility index (Phi) is 4.64. The molecule has 114 valence electrons. The van der Waals surface area contributed by atoms with Crippen molar-refractivity contribution in [3.05, 3.63) is 41.0 Å². The van der Waals surface area contributed by atoms with Crippen molar-refractivity contribution in [3.63, 3.8) is 0 Å². The van der Waals surface area contributed by atoms with Gasteiger partial charge in [-0.05, 0) is 38.0 Å². The molecule has 0 N–H and O–H groups in total. The number of hydrogen-bond acceptors (Lipinski definition) is 3. The average Bonchev–Trinajstić information content (AvgIpc) is 2.43. The fraction of sp³-hybridized carbons (Fsp3) is 0.438. The Morgan fingerprint density at radius 1 is 1.10 bits per heavy atom. The number of carbonyl (C=O) groups excluding carboxylic acids is 1. The van der Waals surface area contributed by atoms with E-state index in [2.05, 4.69) is 0 Å². The lowest BCUT2D eigenvalue weighted by Crippen LogP contribution is -2.41. The van der Waals surface area contributed by atoms with E-state index in [1.54, 1.807) is 24.3 Å². The smallest absolute Gasteiger partial charge is 0.243 e. The highest BCUT2D eigenvalue weighted by molar-refractivity contribution is 7.89. The quantitative estimate of drug-likeness (QED) is 0.859. The summed E-state index contributed by atoms with van der Waals surface area (Å²) in [5, 5.41) is 0. The van der Waals surface area contributed by atoms with Crippen molar-refractivity contribution < 1.29 is 13.2 Å². The first-order valence-electron chi connectivity index (χ1n) is 7.15. The first-order valence-corrected chi connectivity index (χ1v) is 8.59. The molecule has 5 heteroatoms. The molecule has 0 unspecified atom stereocenters. The monoisotopic (exact) mass is 307 g/mol. The van der Waals surface area contributed by atoms with Crippen molar-refractivity contribution in [2.45, 2.75) is 38.5 Å². The lowest BCUT2D eigenvalue weighted by atomic mass is 9.97. The molecule has 0 aromatic heterocycles. The van der Waals surface area contributed by atoms with Gasteiger partial charge >= 0.3 is 0 Å². The van der Waals surface area contributed by atoms with E-state index in [1.165, 1.54) is 4.31 Å². The predicted molar refractivity (Wildman–Crippen MR) is 82.6 cm³/mol. The number of hydrogen-bond donors (Lipinski definition) is 0. The summed E-state index contributed by atoms with van der Waals surface area (Å²) in [5.74, 6) is -0.0729. The molecule has 4 nitrogen and oxygen atoms in total. The highest BCUT2D eigenvalue weighted by Crippen LogP contribution is 2.24. The second-order valence-electron chi connectivity index (χ2n) is 5.52. The Labute approximate surface area is 126 Å². The van der Waals surface area contributed by atoms with Crippen LogP contribution in [-0.4, -0.2) is 31.6 Å². The van der Waals surface area contributed by atoms with Gasteiger partial charge in [-0.3, -0.25) is 4.79 Å². The Morgan fingerprint density at radius 2 is 1.71 bits per heavy atom. The summed E-state index contributed by atoms with van der Waals surface area (Å²) in [5.41, 5.74) is 2.67. The molecular formula is C16H21NO3S. The van der Waals surface area contributed by atoms with Crippen LogP contribution in [0.15, 0.2) is 40.3 Å². The van der Waals surface area contributed by atoms with Crippen LogP contribution in [0.1, 0.15) is 32.3 Å². The number of aryl methyl sites for hydroxylation is 1. The highest BCUT2D eigenvalue weighted by Gasteiger charge is 2.32. The minimum Gasteiger partial charge on any atom is -0.293 e. The second-order valence-corrected chi connectivity index (χ2v) is 7.46. The van der Waals surface area contributed by atoms with Crippen molar-refractivity contribution in [1.82, 2.24) is 4.31 Å². The van der Waals surface area contributed by atoms with Gasteiger partial charge in [0.1, 0.15) is 0 Å². The second kappa shape index (κ2) is 6.12. The Hall–Kier alpha value is -1.46. The van der Waals surface area contributed by atoms with Crippen LogP contribution < -0.4 is 0 Å². The summed E-state index contributed by atoms with van der Waals surface area (Å²) < 4.78 is 26.5. The summed E-state index contributed by atoms with van der Waals surface area (Å²) in [7, 11) is -3.60. The number of Topliss-reactive ketones (excluding diaryl/α,β-unsaturated/α-hetero) is 1. The lowest BCUT2D eigenvalue weighted by molar-refractivity contribution is -0.116. The molecular weight excluding hydrogens is 286 g/mol. The minimum atomic E-state index is -3.60. The zero-order valence-electron chi connectivity index (χ0n) is 12.7. The van der Waals surface area contributed by atoms with Crippen molar-refractivity contribution >= 4 is 15.8 Å². The van der Waals surface area contributed by atoms with Crippen LogP contribution in [0.4, 0.5) is 0 Å². The van der Waals surface area contributed by atoms with E-state index in [1.807, 2.05) is 20.8 Å². The number of benzene rings is 1. The number of carbonyl (C=O) groups is 1. The minimum absolute atomic E-state index is 0.0527. The third-order valence-electron chi connectivity index (χ3n) is 3.74. The maximum absolute atomic E-state index is 12.6. The molecule has 0 spiro atoms. The summed E-state index contributed by atoms with van der Waals surface area (Å²) >= 11 is 0. The standard InChI is InChI=1S/C16H21NO3S/c1-4-5-15-13(3)10-17(11-16(15)18)21(19,20)14-8-6-12(2)7-9-14/h6-9H,4-5,10-11H2,1-3H3. The third-order valence-corrected chi connectivity index (χ3v) is 5.55. The molecule has 0 atom stereocenters. The van der Waals surface area contributed by atoms with Crippen LogP contribution in [0.2, 0.25) is 0 Å². The fourth-order valence-electron chi connectivity index (χ4n) is 2.54. The first kappa shape index (κ1) is 15.9. The Morgan fingerprint density at radius 3 is 2.24 bits per heavy atom. The van der Waals surface area contributed by atoms with Crippen LogP contribution in [0.3, 0.4) is 0 Å². The molecule has 0 saturated carbocycles. The molecule has 21 heavy (non-hydrogen) atoms. The van der Waals surface area contributed by atoms with E-state index in [-0.39, 0.29) is 17.2 Å². The third kappa shape index (κ3) is 3.24. The molecule has 0 amide bonds. The van der Waals surface area contributed by atoms with Gasteiger partial charge in [-0.1, -0.05) is 36.6 Å². The molecule has 0 fully saturated rings. The normalized spacial score (nSPS) is 17.4. The molecule has 0 bridgehead atoms. The number of sulfonamides is 1. The Balaban J connectivity index is 2.31. The van der Waals surface area contributed by atoms with Crippen molar-refractivity contribution in [3.8, 4) is 0 Å². The summed E-state index contributed by atoms with van der Waals surface area (Å²) in [6.45, 7) is 6.02. The van der Waals surface area contributed by atoms with Crippen LogP contribution >= 0.6 is 0 Å². The predicted octanol–water partition coefficient (Wildman–Crippen LogP) is 2.69. The molecule has 0 saturated heterocycles. The molecule has 2 rings (SSSR count). The van der Waals surface area contributed by atoms with Gasteiger partial charge in [-0.2, -0.15) is 4.31 Å². The van der Waals surface area contributed by atoms with E-state index in [0.29, 0.717) is 6.54 Å². The molecule has 1 aliphatic rings. The van der Waals surface area contributed by atoms with Crippen LogP contribution in [0.25, 0.3) is 0 Å². The van der Waals surface area contributed by atoms with Crippen molar-refractivity contribution in [2.24, 2.45) is 0 Å². The molecule has 1 aliphatic heterocycles. The van der Waals surface area contributed by atoms with E-state index in [0.717, 1.165) is 29.6 Å². The van der Waals surface area contributed by atoms with Gasteiger partial charge in [0.2, 0.25) is 10.0 Å². The topological polar surface area (TPSA) is 54.5 Å². The fourth-order valence-corrected chi connectivity index (χ4v) is 3.97. The summed E-state index contributed by atoms with van der Waals surface area (Å²) in [6, 6.07) is 6.72. The maximum atomic E-state index is 12.6. The molecule has 0 radical (unpaired) electrons. The number of nitrogens with zero attached hydrogens (tertiary/aromatic N) is 1. The number of ketones is 1.